The molecule has 1 heterocycles. The minimum absolute atomic E-state index is 0.0257. The molecular formula is C14H23BrN2O2S. The SMILES string of the molecule is CCN(C(C)c1ccc(OC)c(Br)n1)[S+]([O-])C(C)(C)C. The third-order valence-electron chi connectivity index (χ3n) is 2.96. The number of halogens is 1. The van der Waals surface area contributed by atoms with Crippen LogP contribution in [-0.4, -0.2) is 32.2 Å². The van der Waals surface area contributed by atoms with Crippen LogP contribution in [0.3, 0.4) is 0 Å². The lowest BCUT2D eigenvalue weighted by molar-refractivity contribution is 0.338. The second-order valence-corrected chi connectivity index (χ2v) is 8.44. The Hall–Kier alpha value is -0.300. The molecule has 114 valence electrons. The molecule has 1 aromatic heterocycles. The summed E-state index contributed by atoms with van der Waals surface area (Å²) in [5, 5.41) is 0. The largest absolute Gasteiger partial charge is 0.597 e. The lowest BCUT2D eigenvalue weighted by atomic mass is 10.2. The zero-order valence-electron chi connectivity index (χ0n) is 12.9. The number of aromatic nitrogens is 1. The van der Waals surface area contributed by atoms with Gasteiger partial charge in [-0.25, -0.2) is 4.98 Å². The summed E-state index contributed by atoms with van der Waals surface area (Å²) in [6.07, 6.45) is 0. The quantitative estimate of drug-likeness (QED) is 0.591. The summed E-state index contributed by atoms with van der Waals surface area (Å²) in [6, 6.07) is 3.76. The van der Waals surface area contributed by atoms with Crippen molar-refractivity contribution in [3.8, 4) is 5.75 Å². The molecule has 0 aromatic carbocycles. The van der Waals surface area contributed by atoms with Crippen molar-refractivity contribution in [1.82, 2.24) is 9.29 Å². The van der Waals surface area contributed by atoms with Crippen molar-refractivity contribution in [3.63, 3.8) is 0 Å². The predicted octanol–water partition coefficient (Wildman–Crippen LogP) is 3.70. The Balaban J connectivity index is 3.02. The maximum absolute atomic E-state index is 12.6. The molecule has 0 fully saturated rings. The summed E-state index contributed by atoms with van der Waals surface area (Å²) in [4.78, 5) is 4.49. The van der Waals surface area contributed by atoms with Crippen molar-refractivity contribution in [2.45, 2.75) is 45.4 Å². The average Bonchev–Trinajstić information content (AvgIpc) is 2.38. The topological polar surface area (TPSA) is 48.4 Å². The molecular weight excluding hydrogens is 340 g/mol. The van der Waals surface area contributed by atoms with Crippen LogP contribution in [0.1, 0.15) is 46.4 Å². The number of ether oxygens (including phenoxy) is 1. The van der Waals surface area contributed by atoms with Crippen molar-refractivity contribution < 1.29 is 9.29 Å². The summed E-state index contributed by atoms with van der Waals surface area (Å²) in [5.74, 6) is 0.695. The summed E-state index contributed by atoms with van der Waals surface area (Å²) in [7, 11) is 1.61. The van der Waals surface area contributed by atoms with Gasteiger partial charge in [0.05, 0.1) is 18.8 Å². The van der Waals surface area contributed by atoms with Crippen molar-refractivity contribution in [2.75, 3.05) is 13.7 Å². The Morgan fingerprint density at radius 1 is 1.45 bits per heavy atom. The van der Waals surface area contributed by atoms with Crippen LogP contribution in [0.2, 0.25) is 0 Å². The number of rotatable bonds is 5. The fraction of sp³-hybridized carbons (Fsp3) is 0.643. The van der Waals surface area contributed by atoms with Gasteiger partial charge in [0.1, 0.15) is 9.35 Å². The first kappa shape index (κ1) is 17.8. The highest BCUT2D eigenvalue weighted by Gasteiger charge is 2.36. The van der Waals surface area contributed by atoms with Gasteiger partial charge >= 0.3 is 0 Å². The lowest BCUT2D eigenvalue weighted by Gasteiger charge is -2.35. The average molecular weight is 363 g/mol. The van der Waals surface area contributed by atoms with Gasteiger partial charge in [-0.05, 0) is 62.7 Å². The van der Waals surface area contributed by atoms with E-state index in [2.05, 4.69) is 20.9 Å². The minimum Gasteiger partial charge on any atom is -0.597 e. The van der Waals surface area contributed by atoms with Crippen LogP contribution in [0.25, 0.3) is 0 Å². The van der Waals surface area contributed by atoms with Crippen LogP contribution in [0.15, 0.2) is 16.7 Å². The molecule has 6 heteroatoms. The fourth-order valence-corrected chi connectivity index (χ4v) is 3.69. The van der Waals surface area contributed by atoms with Crippen LogP contribution in [0.5, 0.6) is 5.75 Å². The molecule has 0 aliphatic heterocycles. The molecule has 0 N–H and O–H groups in total. The Bertz CT molecular complexity index is 451. The molecule has 2 atom stereocenters. The number of hydrogen-bond donors (Lipinski definition) is 0. The number of methoxy groups -OCH3 is 1. The van der Waals surface area contributed by atoms with Crippen LogP contribution in [0.4, 0.5) is 0 Å². The van der Waals surface area contributed by atoms with E-state index < -0.39 is 11.4 Å². The van der Waals surface area contributed by atoms with Gasteiger partial charge in [-0.2, -0.15) is 0 Å². The van der Waals surface area contributed by atoms with Gasteiger partial charge in [0.25, 0.3) is 0 Å². The predicted molar refractivity (Wildman–Crippen MR) is 87.2 cm³/mol. The Labute approximate surface area is 133 Å². The molecule has 0 amide bonds. The third-order valence-corrected chi connectivity index (χ3v) is 5.58. The van der Waals surface area contributed by atoms with E-state index in [4.69, 9.17) is 4.74 Å². The van der Waals surface area contributed by atoms with E-state index in [9.17, 15) is 4.55 Å². The molecule has 4 nitrogen and oxygen atoms in total. The maximum Gasteiger partial charge on any atom is 0.151 e. The van der Waals surface area contributed by atoms with Crippen LogP contribution in [-0.2, 0) is 11.4 Å². The molecule has 0 aliphatic rings. The van der Waals surface area contributed by atoms with Gasteiger partial charge in [0.15, 0.2) is 5.75 Å². The molecule has 0 saturated heterocycles. The van der Waals surface area contributed by atoms with Crippen LogP contribution < -0.4 is 4.74 Å². The van der Waals surface area contributed by atoms with Crippen LogP contribution in [0, 0.1) is 0 Å². The van der Waals surface area contributed by atoms with Gasteiger partial charge in [0.2, 0.25) is 0 Å². The molecule has 0 radical (unpaired) electrons. The van der Waals surface area contributed by atoms with Crippen molar-refractivity contribution in [2.24, 2.45) is 0 Å². The van der Waals surface area contributed by atoms with E-state index in [1.807, 2.05) is 51.1 Å². The van der Waals surface area contributed by atoms with E-state index in [-0.39, 0.29) is 10.8 Å². The first-order valence-corrected chi connectivity index (χ1v) is 8.51. The fourth-order valence-electron chi connectivity index (χ4n) is 1.85. The standard InChI is InChI=1S/C14H23BrN2O2S/c1-7-17(20(18)14(3,4)5)10(2)11-8-9-12(19-6)13(15)16-11/h8-10H,7H2,1-6H3. The summed E-state index contributed by atoms with van der Waals surface area (Å²) >= 11 is 2.32. The Kier molecular flexibility index (Phi) is 6.31. The van der Waals surface area contributed by atoms with E-state index in [1.54, 1.807) is 7.11 Å². The number of pyridine rings is 1. The number of nitrogens with zero attached hydrogens (tertiary/aromatic N) is 2. The van der Waals surface area contributed by atoms with Gasteiger partial charge in [-0.15, -0.1) is 4.31 Å². The Morgan fingerprint density at radius 2 is 2.05 bits per heavy atom. The highest BCUT2D eigenvalue weighted by Crippen LogP contribution is 2.31. The highest BCUT2D eigenvalue weighted by molar-refractivity contribution is 9.10. The molecule has 0 aliphatic carbocycles. The summed E-state index contributed by atoms with van der Waals surface area (Å²) < 4.78 is 20.1. The van der Waals surface area contributed by atoms with Crippen molar-refractivity contribution in [1.29, 1.82) is 0 Å². The smallest absolute Gasteiger partial charge is 0.151 e. The first-order valence-electron chi connectivity index (χ1n) is 6.61. The normalized spacial score (nSPS) is 15.2. The summed E-state index contributed by atoms with van der Waals surface area (Å²) in [5.41, 5.74) is 0.872. The van der Waals surface area contributed by atoms with Crippen molar-refractivity contribution in [3.05, 3.63) is 22.4 Å². The molecule has 0 saturated carbocycles. The zero-order valence-corrected chi connectivity index (χ0v) is 15.3. The first-order chi connectivity index (χ1) is 9.22. The van der Waals surface area contributed by atoms with Crippen LogP contribution >= 0.6 is 15.9 Å². The van der Waals surface area contributed by atoms with Gasteiger partial charge in [0, 0.05) is 17.9 Å². The minimum atomic E-state index is -1.07. The van der Waals surface area contributed by atoms with Crippen molar-refractivity contribution >= 4 is 27.3 Å². The van der Waals surface area contributed by atoms with Gasteiger partial charge in [-0.3, -0.25) is 0 Å². The number of hydrogen-bond acceptors (Lipinski definition) is 4. The van der Waals surface area contributed by atoms with E-state index in [0.29, 0.717) is 16.9 Å². The van der Waals surface area contributed by atoms with E-state index in [0.717, 1.165) is 5.69 Å². The molecule has 0 spiro atoms. The molecule has 20 heavy (non-hydrogen) atoms. The Morgan fingerprint density at radius 3 is 2.45 bits per heavy atom. The maximum atomic E-state index is 12.6. The van der Waals surface area contributed by atoms with E-state index in [1.165, 1.54) is 0 Å². The monoisotopic (exact) mass is 362 g/mol. The molecule has 1 rings (SSSR count). The van der Waals surface area contributed by atoms with Gasteiger partial charge in [-0.1, -0.05) is 0 Å². The third kappa shape index (κ3) is 4.10. The highest BCUT2D eigenvalue weighted by atomic mass is 79.9. The molecule has 1 aromatic rings. The molecule has 2 unspecified atom stereocenters. The summed E-state index contributed by atoms with van der Waals surface area (Å²) in [6.45, 7) is 10.7. The zero-order chi connectivity index (χ0) is 15.5. The lowest BCUT2D eigenvalue weighted by Crippen LogP contribution is -2.44. The van der Waals surface area contributed by atoms with Gasteiger partial charge < -0.3 is 9.29 Å². The second-order valence-electron chi connectivity index (χ2n) is 5.50. The molecule has 0 bridgehead atoms. The second kappa shape index (κ2) is 7.11. The van der Waals surface area contributed by atoms with E-state index >= 15 is 0 Å².